The zero-order chi connectivity index (χ0) is 13.1. The maximum Gasteiger partial charge on any atom is 0.149 e. The summed E-state index contributed by atoms with van der Waals surface area (Å²) in [7, 11) is -1.06. The summed E-state index contributed by atoms with van der Waals surface area (Å²) in [5, 5.41) is 0. The minimum absolute atomic E-state index is 0.151. The summed E-state index contributed by atoms with van der Waals surface area (Å²) < 4.78 is 23.1. The molecule has 0 aromatic heterocycles. The summed E-state index contributed by atoms with van der Waals surface area (Å²) >= 11 is 9.20. The third-order valence-corrected chi connectivity index (χ3v) is 4.37. The van der Waals surface area contributed by atoms with Gasteiger partial charge in [-0.1, -0.05) is 22.0 Å². The molecule has 1 aromatic rings. The Morgan fingerprint density at radius 1 is 1.41 bits per heavy atom. The van der Waals surface area contributed by atoms with Crippen LogP contribution >= 0.6 is 27.5 Å². The molecule has 0 atom stereocenters. The highest BCUT2D eigenvalue weighted by atomic mass is 79.9. The number of sulfone groups is 1. The van der Waals surface area contributed by atoms with Crippen LogP contribution < -0.4 is 4.90 Å². The predicted molar refractivity (Wildman–Crippen MR) is 76.7 cm³/mol. The molecule has 0 fully saturated rings. The number of hydrogen-bond donors (Lipinski definition) is 0. The smallest absolute Gasteiger partial charge is 0.149 e. The van der Waals surface area contributed by atoms with Crippen molar-refractivity contribution in [2.24, 2.45) is 0 Å². The summed E-state index contributed by atoms with van der Waals surface area (Å²) in [4.78, 5) is 1.91. The van der Waals surface area contributed by atoms with Crippen LogP contribution in [0.5, 0.6) is 0 Å². The van der Waals surface area contributed by atoms with Gasteiger partial charge in [-0.25, -0.2) is 8.42 Å². The van der Waals surface area contributed by atoms with Gasteiger partial charge in [-0.05, 0) is 17.7 Å². The van der Waals surface area contributed by atoms with Crippen LogP contribution in [0.2, 0.25) is 0 Å². The number of rotatable bonds is 5. The first kappa shape index (κ1) is 14.8. The van der Waals surface area contributed by atoms with Crippen LogP contribution in [0.15, 0.2) is 22.7 Å². The van der Waals surface area contributed by atoms with Gasteiger partial charge in [-0.2, -0.15) is 0 Å². The molecule has 17 heavy (non-hydrogen) atoms. The normalized spacial score (nSPS) is 11.5. The SMILES string of the molecule is CN(CCS(C)(=O)=O)c1ccc(CCl)c(Br)c1. The maximum atomic E-state index is 11.1. The fourth-order valence-electron chi connectivity index (χ4n) is 1.31. The molecule has 0 amide bonds. The van der Waals surface area contributed by atoms with E-state index >= 15 is 0 Å². The van der Waals surface area contributed by atoms with Crippen molar-refractivity contribution >= 4 is 43.1 Å². The summed E-state index contributed by atoms with van der Waals surface area (Å²) in [6.45, 7) is 0.478. The molecule has 96 valence electrons. The Morgan fingerprint density at radius 3 is 2.53 bits per heavy atom. The highest BCUT2D eigenvalue weighted by Crippen LogP contribution is 2.24. The molecule has 1 aromatic carbocycles. The van der Waals surface area contributed by atoms with Gasteiger partial charge in [-0.3, -0.25) is 0 Å². The van der Waals surface area contributed by atoms with E-state index in [9.17, 15) is 8.42 Å². The van der Waals surface area contributed by atoms with Crippen LogP contribution in [0.1, 0.15) is 5.56 Å². The molecule has 0 bridgehead atoms. The lowest BCUT2D eigenvalue weighted by atomic mass is 10.2. The summed E-state index contributed by atoms with van der Waals surface area (Å²) in [5.41, 5.74) is 1.99. The van der Waals surface area contributed by atoms with E-state index in [0.29, 0.717) is 12.4 Å². The molecule has 0 aliphatic heterocycles. The minimum atomic E-state index is -2.92. The molecule has 0 N–H and O–H groups in total. The average Bonchev–Trinajstić information content (AvgIpc) is 2.24. The van der Waals surface area contributed by atoms with Crippen LogP contribution in [0.3, 0.4) is 0 Å². The molecule has 0 unspecified atom stereocenters. The Bertz CT molecular complexity index is 490. The van der Waals surface area contributed by atoms with Crippen molar-refractivity contribution in [2.45, 2.75) is 5.88 Å². The standard InChI is InChI=1S/C11H15BrClNO2S/c1-14(5-6-17(2,15)16)10-4-3-9(8-13)11(12)7-10/h3-4,7H,5-6,8H2,1-2H3. The molecular weight excluding hydrogens is 326 g/mol. The largest absolute Gasteiger partial charge is 0.374 e. The Morgan fingerprint density at radius 2 is 2.06 bits per heavy atom. The molecule has 0 spiro atoms. The van der Waals surface area contributed by atoms with Crippen LogP contribution in [0, 0.1) is 0 Å². The molecule has 3 nitrogen and oxygen atoms in total. The van der Waals surface area contributed by atoms with Crippen molar-refractivity contribution in [3.05, 3.63) is 28.2 Å². The predicted octanol–water partition coefficient (Wildman–Crippen LogP) is 2.67. The number of halogens is 2. The van der Waals surface area contributed by atoms with Crippen LogP contribution in [-0.2, 0) is 15.7 Å². The number of anilines is 1. The van der Waals surface area contributed by atoms with Gasteiger partial charge in [0.15, 0.2) is 0 Å². The van der Waals surface area contributed by atoms with Gasteiger partial charge in [-0.15, -0.1) is 11.6 Å². The Hall–Kier alpha value is -0.260. The van der Waals surface area contributed by atoms with Gasteiger partial charge < -0.3 is 4.90 Å². The van der Waals surface area contributed by atoms with E-state index in [1.807, 2.05) is 30.1 Å². The van der Waals surface area contributed by atoms with Gasteiger partial charge in [0.2, 0.25) is 0 Å². The Balaban J connectivity index is 2.76. The summed E-state index contributed by atoms with van der Waals surface area (Å²) in [5.74, 6) is 0.603. The first-order valence-electron chi connectivity index (χ1n) is 5.07. The molecule has 1 rings (SSSR count). The molecule has 0 saturated heterocycles. The summed E-state index contributed by atoms with van der Waals surface area (Å²) in [6.07, 6.45) is 1.24. The topological polar surface area (TPSA) is 37.4 Å². The third kappa shape index (κ3) is 4.85. The molecular formula is C11H15BrClNO2S. The van der Waals surface area contributed by atoms with Crippen LogP contribution in [0.25, 0.3) is 0 Å². The van der Waals surface area contributed by atoms with Crippen molar-refractivity contribution in [3.8, 4) is 0 Å². The zero-order valence-electron chi connectivity index (χ0n) is 9.78. The van der Waals surface area contributed by atoms with E-state index in [2.05, 4.69) is 15.9 Å². The van der Waals surface area contributed by atoms with E-state index in [1.165, 1.54) is 6.26 Å². The first-order valence-corrected chi connectivity index (χ1v) is 8.45. The molecule has 0 radical (unpaired) electrons. The van der Waals surface area contributed by atoms with E-state index in [-0.39, 0.29) is 5.75 Å². The van der Waals surface area contributed by atoms with Gasteiger partial charge in [0, 0.05) is 35.9 Å². The van der Waals surface area contributed by atoms with Gasteiger partial charge in [0.05, 0.1) is 5.75 Å². The number of nitrogens with zero attached hydrogens (tertiary/aromatic N) is 1. The lowest BCUT2D eigenvalue weighted by molar-refractivity contribution is 0.601. The number of alkyl halides is 1. The van der Waals surface area contributed by atoms with E-state index in [0.717, 1.165) is 15.7 Å². The van der Waals surface area contributed by atoms with E-state index < -0.39 is 9.84 Å². The lowest BCUT2D eigenvalue weighted by Crippen LogP contribution is -2.24. The van der Waals surface area contributed by atoms with Gasteiger partial charge in [0.25, 0.3) is 0 Å². The molecule has 0 heterocycles. The van der Waals surface area contributed by atoms with Crippen molar-refractivity contribution in [1.82, 2.24) is 0 Å². The zero-order valence-corrected chi connectivity index (χ0v) is 12.9. The maximum absolute atomic E-state index is 11.1. The van der Waals surface area contributed by atoms with E-state index in [4.69, 9.17) is 11.6 Å². The molecule has 0 aliphatic rings. The Labute approximate surface area is 116 Å². The molecule has 6 heteroatoms. The molecule has 0 saturated carbocycles. The average molecular weight is 341 g/mol. The van der Waals surface area contributed by atoms with Crippen molar-refractivity contribution in [3.63, 3.8) is 0 Å². The minimum Gasteiger partial charge on any atom is -0.374 e. The van der Waals surface area contributed by atoms with Gasteiger partial charge >= 0.3 is 0 Å². The van der Waals surface area contributed by atoms with Crippen molar-refractivity contribution in [2.75, 3.05) is 30.5 Å². The van der Waals surface area contributed by atoms with E-state index in [1.54, 1.807) is 0 Å². The highest BCUT2D eigenvalue weighted by molar-refractivity contribution is 9.10. The second kappa shape index (κ2) is 6.07. The third-order valence-electron chi connectivity index (χ3n) is 2.42. The Kier molecular flexibility index (Phi) is 5.28. The first-order chi connectivity index (χ1) is 7.83. The number of hydrogen-bond acceptors (Lipinski definition) is 3. The highest BCUT2D eigenvalue weighted by Gasteiger charge is 2.08. The second-order valence-corrected chi connectivity index (χ2v) is 7.34. The fraction of sp³-hybridized carbons (Fsp3) is 0.455. The monoisotopic (exact) mass is 339 g/mol. The van der Waals surface area contributed by atoms with Crippen molar-refractivity contribution in [1.29, 1.82) is 0 Å². The van der Waals surface area contributed by atoms with Gasteiger partial charge in [0.1, 0.15) is 9.84 Å². The fourth-order valence-corrected chi connectivity index (χ4v) is 2.82. The van der Waals surface area contributed by atoms with Crippen LogP contribution in [-0.4, -0.2) is 34.0 Å². The number of benzene rings is 1. The second-order valence-electron chi connectivity index (χ2n) is 3.96. The molecule has 0 aliphatic carbocycles. The van der Waals surface area contributed by atoms with Crippen LogP contribution in [0.4, 0.5) is 5.69 Å². The lowest BCUT2D eigenvalue weighted by Gasteiger charge is -2.19. The quantitative estimate of drug-likeness (QED) is 0.773. The summed E-state index contributed by atoms with van der Waals surface area (Å²) in [6, 6.07) is 5.81. The van der Waals surface area contributed by atoms with Crippen molar-refractivity contribution < 1.29 is 8.42 Å².